The number of pyridine rings is 1. The van der Waals surface area contributed by atoms with Gasteiger partial charge in [-0.15, -0.1) is 0 Å². The van der Waals surface area contributed by atoms with E-state index in [1.165, 1.54) is 32.1 Å². The Balaban J connectivity index is 2.16. The van der Waals surface area contributed by atoms with E-state index < -0.39 is 0 Å². The van der Waals surface area contributed by atoms with Crippen molar-refractivity contribution in [3.63, 3.8) is 0 Å². The molecule has 3 nitrogen and oxygen atoms in total. The SMILES string of the molecule is CC(C)Oc1cncc(C(N)C2(C)CCCCC2)c1. The Morgan fingerprint density at radius 3 is 2.53 bits per heavy atom. The van der Waals surface area contributed by atoms with Gasteiger partial charge in [-0.1, -0.05) is 26.2 Å². The van der Waals surface area contributed by atoms with E-state index in [1.807, 2.05) is 20.0 Å². The molecule has 1 heterocycles. The summed E-state index contributed by atoms with van der Waals surface area (Å²) in [4.78, 5) is 4.28. The maximum atomic E-state index is 6.51. The lowest BCUT2D eigenvalue weighted by Gasteiger charge is -2.39. The van der Waals surface area contributed by atoms with Gasteiger partial charge in [0.15, 0.2) is 0 Å². The van der Waals surface area contributed by atoms with Crippen molar-refractivity contribution in [2.45, 2.75) is 65.0 Å². The molecule has 0 bridgehead atoms. The fraction of sp³-hybridized carbons (Fsp3) is 0.688. The number of rotatable bonds is 4. The predicted molar refractivity (Wildman–Crippen MR) is 78.1 cm³/mol. The number of nitrogens with two attached hydrogens (primary N) is 1. The molecule has 2 rings (SSSR count). The second-order valence-corrected chi connectivity index (χ2v) is 6.31. The fourth-order valence-electron chi connectivity index (χ4n) is 3.02. The maximum Gasteiger partial charge on any atom is 0.138 e. The first-order valence-corrected chi connectivity index (χ1v) is 7.38. The minimum atomic E-state index is 0.0519. The second kappa shape index (κ2) is 5.91. The van der Waals surface area contributed by atoms with Gasteiger partial charge in [0.25, 0.3) is 0 Å². The van der Waals surface area contributed by atoms with Crippen LogP contribution in [-0.4, -0.2) is 11.1 Å². The average molecular weight is 262 g/mol. The van der Waals surface area contributed by atoms with E-state index in [-0.39, 0.29) is 17.6 Å². The molecular formula is C16H26N2O. The Morgan fingerprint density at radius 1 is 1.21 bits per heavy atom. The molecule has 0 aromatic carbocycles. The van der Waals surface area contributed by atoms with Crippen molar-refractivity contribution in [1.29, 1.82) is 0 Å². The quantitative estimate of drug-likeness (QED) is 0.897. The zero-order chi connectivity index (χ0) is 13.9. The van der Waals surface area contributed by atoms with Crippen LogP contribution in [0.1, 0.15) is 64.5 Å². The van der Waals surface area contributed by atoms with Crippen LogP contribution in [0, 0.1) is 5.41 Å². The maximum absolute atomic E-state index is 6.51. The van der Waals surface area contributed by atoms with Crippen molar-refractivity contribution in [3.8, 4) is 5.75 Å². The Labute approximate surface area is 116 Å². The van der Waals surface area contributed by atoms with Crippen LogP contribution in [0.15, 0.2) is 18.5 Å². The summed E-state index contributed by atoms with van der Waals surface area (Å²) in [6.45, 7) is 6.36. The fourth-order valence-corrected chi connectivity index (χ4v) is 3.02. The van der Waals surface area contributed by atoms with E-state index in [9.17, 15) is 0 Å². The summed E-state index contributed by atoms with van der Waals surface area (Å²) in [5.74, 6) is 0.822. The average Bonchev–Trinajstić information content (AvgIpc) is 2.38. The largest absolute Gasteiger partial charge is 0.489 e. The lowest BCUT2D eigenvalue weighted by Crippen LogP contribution is -2.34. The topological polar surface area (TPSA) is 48.1 Å². The molecule has 0 spiro atoms. The molecule has 0 radical (unpaired) electrons. The van der Waals surface area contributed by atoms with E-state index in [2.05, 4.69) is 18.0 Å². The van der Waals surface area contributed by atoms with Gasteiger partial charge in [-0.25, -0.2) is 0 Å². The molecule has 19 heavy (non-hydrogen) atoms. The second-order valence-electron chi connectivity index (χ2n) is 6.31. The molecule has 1 unspecified atom stereocenters. The molecular weight excluding hydrogens is 236 g/mol. The van der Waals surface area contributed by atoms with Crippen LogP contribution in [-0.2, 0) is 0 Å². The highest BCUT2D eigenvalue weighted by Gasteiger charge is 2.34. The summed E-state index contributed by atoms with van der Waals surface area (Å²) >= 11 is 0. The van der Waals surface area contributed by atoms with E-state index in [0.29, 0.717) is 0 Å². The molecule has 0 aliphatic heterocycles. The van der Waals surface area contributed by atoms with E-state index in [0.717, 1.165) is 11.3 Å². The molecule has 1 aromatic heterocycles. The van der Waals surface area contributed by atoms with Crippen LogP contribution in [0.4, 0.5) is 0 Å². The number of hydrogen-bond donors (Lipinski definition) is 1. The summed E-state index contributed by atoms with van der Waals surface area (Å²) in [7, 11) is 0. The van der Waals surface area contributed by atoms with Gasteiger partial charge < -0.3 is 10.5 Å². The van der Waals surface area contributed by atoms with Crippen molar-refractivity contribution in [2.24, 2.45) is 11.1 Å². The molecule has 0 saturated heterocycles. The van der Waals surface area contributed by atoms with Crippen LogP contribution in [0.2, 0.25) is 0 Å². The van der Waals surface area contributed by atoms with Crippen LogP contribution in [0.3, 0.4) is 0 Å². The van der Waals surface area contributed by atoms with E-state index in [1.54, 1.807) is 6.20 Å². The molecule has 1 aromatic rings. The van der Waals surface area contributed by atoms with Crippen molar-refractivity contribution in [2.75, 3.05) is 0 Å². The molecule has 1 aliphatic carbocycles. The van der Waals surface area contributed by atoms with Gasteiger partial charge in [0, 0.05) is 12.2 Å². The molecule has 1 saturated carbocycles. The van der Waals surface area contributed by atoms with Gasteiger partial charge in [0.1, 0.15) is 5.75 Å². The van der Waals surface area contributed by atoms with Crippen LogP contribution >= 0.6 is 0 Å². The molecule has 1 fully saturated rings. The van der Waals surface area contributed by atoms with Gasteiger partial charge in [-0.05, 0) is 43.7 Å². The van der Waals surface area contributed by atoms with E-state index in [4.69, 9.17) is 10.5 Å². The Morgan fingerprint density at radius 2 is 1.89 bits per heavy atom. The third-order valence-corrected chi connectivity index (χ3v) is 4.21. The summed E-state index contributed by atoms with van der Waals surface area (Å²) in [6, 6.07) is 2.10. The normalized spacial score (nSPS) is 20.3. The summed E-state index contributed by atoms with van der Waals surface area (Å²) < 4.78 is 5.71. The van der Waals surface area contributed by atoms with Crippen molar-refractivity contribution in [1.82, 2.24) is 4.98 Å². The first-order valence-electron chi connectivity index (χ1n) is 7.38. The van der Waals surface area contributed by atoms with Gasteiger partial charge in [0.2, 0.25) is 0 Å². The van der Waals surface area contributed by atoms with Gasteiger partial charge in [-0.3, -0.25) is 4.98 Å². The number of nitrogens with zero attached hydrogens (tertiary/aromatic N) is 1. The molecule has 1 atom stereocenters. The van der Waals surface area contributed by atoms with Gasteiger partial charge in [0.05, 0.1) is 12.3 Å². The zero-order valence-electron chi connectivity index (χ0n) is 12.4. The van der Waals surface area contributed by atoms with Crippen LogP contribution in [0.25, 0.3) is 0 Å². The van der Waals surface area contributed by atoms with Gasteiger partial charge in [-0.2, -0.15) is 0 Å². The first kappa shape index (κ1) is 14.3. The number of hydrogen-bond acceptors (Lipinski definition) is 3. The molecule has 0 amide bonds. The summed E-state index contributed by atoms with van der Waals surface area (Å²) in [5.41, 5.74) is 7.81. The van der Waals surface area contributed by atoms with Crippen molar-refractivity contribution < 1.29 is 4.74 Å². The third kappa shape index (κ3) is 3.47. The highest BCUT2D eigenvalue weighted by Crippen LogP contribution is 2.44. The lowest BCUT2D eigenvalue weighted by atomic mass is 9.69. The van der Waals surface area contributed by atoms with Crippen molar-refractivity contribution in [3.05, 3.63) is 24.0 Å². The minimum Gasteiger partial charge on any atom is -0.489 e. The Hall–Kier alpha value is -1.09. The summed E-state index contributed by atoms with van der Waals surface area (Å²) in [5, 5.41) is 0. The summed E-state index contributed by atoms with van der Waals surface area (Å²) in [6.07, 6.45) is 10.2. The van der Waals surface area contributed by atoms with E-state index >= 15 is 0 Å². The molecule has 106 valence electrons. The predicted octanol–water partition coefficient (Wildman–Crippen LogP) is 3.84. The molecule has 3 heteroatoms. The minimum absolute atomic E-state index is 0.0519. The highest BCUT2D eigenvalue weighted by molar-refractivity contribution is 5.27. The smallest absolute Gasteiger partial charge is 0.138 e. The van der Waals surface area contributed by atoms with Gasteiger partial charge >= 0.3 is 0 Å². The Bertz CT molecular complexity index is 411. The zero-order valence-corrected chi connectivity index (χ0v) is 12.4. The van der Waals surface area contributed by atoms with Crippen LogP contribution in [0.5, 0.6) is 5.75 Å². The Kier molecular flexibility index (Phi) is 4.46. The third-order valence-electron chi connectivity index (χ3n) is 4.21. The molecule has 1 aliphatic rings. The first-order chi connectivity index (χ1) is 9.01. The number of ether oxygens (including phenoxy) is 1. The number of aromatic nitrogens is 1. The monoisotopic (exact) mass is 262 g/mol. The lowest BCUT2D eigenvalue weighted by molar-refractivity contribution is 0.169. The van der Waals surface area contributed by atoms with Crippen LogP contribution < -0.4 is 10.5 Å². The highest BCUT2D eigenvalue weighted by atomic mass is 16.5. The standard InChI is InChI=1S/C16H26N2O/c1-12(2)19-14-9-13(10-18-11-14)15(17)16(3)7-5-4-6-8-16/h9-12,15H,4-8,17H2,1-3H3. The molecule has 2 N–H and O–H groups in total. The van der Waals surface area contributed by atoms with Crippen molar-refractivity contribution >= 4 is 0 Å².